The van der Waals surface area contributed by atoms with Crippen LogP contribution in [0.3, 0.4) is 0 Å². The fourth-order valence-electron chi connectivity index (χ4n) is 1.52. The van der Waals surface area contributed by atoms with Gasteiger partial charge in [-0.15, -0.1) is 0 Å². The highest BCUT2D eigenvalue weighted by Gasteiger charge is 2.30. The lowest BCUT2D eigenvalue weighted by atomic mass is 10.2. The number of nitrogens with zero attached hydrogens (tertiary/aromatic N) is 1. The van der Waals surface area contributed by atoms with Crippen molar-refractivity contribution < 1.29 is 17.9 Å². The molecule has 0 aliphatic rings. The number of ether oxygens (including phenoxy) is 1. The number of benzene rings is 2. The molecule has 2 rings (SSSR count). The zero-order valence-electron chi connectivity index (χ0n) is 9.91. The van der Waals surface area contributed by atoms with Crippen LogP contribution in [-0.4, -0.2) is 0 Å². The monoisotopic (exact) mass is 341 g/mol. The van der Waals surface area contributed by atoms with Crippen molar-refractivity contribution >= 4 is 15.9 Å². The third-order valence-corrected chi connectivity index (χ3v) is 3.07. The van der Waals surface area contributed by atoms with E-state index in [0.717, 1.165) is 12.1 Å². The summed E-state index contributed by atoms with van der Waals surface area (Å²) >= 11 is 3.21. The zero-order chi connectivity index (χ0) is 14.8. The minimum atomic E-state index is -4.42. The second-order valence-electron chi connectivity index (χ2n) is 3.88. The number of nitriles is 1. The Morgan fingerprint density at radius 2 is 1.85 bits per heavy atom. The summed E-state index contributed by atoms with van der Waals surface area (Å²) < 4.78 is 43.6. The van der Waals surface area contributed by atoms with Crippen molar-refractivity contribution in [3.05, 3.63) is 58.1 Å². The van der Waals surface area contributed by atoms with Gasteiger partial charge >= 0.3 is 6.18 Å². The van der Waals surface area contributed by atoms with Gasteiger partial charge in [0.15, 0.2) is 0 Å². The molecule has 0 N–H and O–H groups in total. The summed E-state index contributed by atoms with van der Waals surface area (Å²) in [5.41, 5.74) is -0.354. The first kappa shape index (κ1) is 14.4. The van der Waals surface area contributed by atoms with E-state index in [0.29, 0.717) is 15.8 Å². The highest BCUT2D eigenvalue weighted by atomic mass is 79.9. The number of halogens is 4. The van der Waals surface area contributed by atoms with E-state index in [1.807, 2.05) is 6.07 Å². The zero-order valence-corrected chi connectivity index (χ0v) is 11.5. The Balaban J connectivity index is 2.29. The molecule has 2 nitrogen and oxygen atoms in total. The van der Waals surface area contributed by atoms with Gasteiger partial charge < -0.3 is 4.74 Å². The maximum absolute atomic E-state index is 12.6. The molecular weight excluding hydrogens is 335 g/mol. The second kappa shape index (κ2) is 5.55. The standard InChI is InChI=1S/C14H7BrF3NO/c15-12-6-9(8-19)4-5-13(12)20-11-3-1-2-10(7-11)14(16,17)18/h1-7H. The van der Waals surface area contributed by atoms with Crippen molar-refractivity contribution in [2.24, 2.45) is 0 Å². The van der Waals surface area contributed by atoms with Gasteiger partial charge in [0.1, 0.15) is 11.5 Å². The number of alkyl halides is 3. The van der Waals surface area contributed by atoms with Crippen LogP contribution in [0.15, 0.2) is 46.9 Å². The molecule has 0 aliphatic heterocycles. The second-order valence-corrected chi connectivity index (χ2v) is 4.74. The summed E-state index contributed by atoms with van der Waals surface area (Å²) in [6.45, 7) is 0. The van der Waals surface area contributed by atoms with E-state index in [2.05, 4.69) is 15.9 Å². The molecule has 0 radical (unpaired) electrons. The summed E-state index contributed by atoms with van der Waals surface area (Å²) in [7, 11) is 0. The minimum Gasteiger partial charge on any atom is -0.456 e. The third-order valence-electron chi connectivity index (χ3n) is 2.45. The Labute approximate surface area is 121 Å². The average molecular weight is 342 g/mol. The lowest BCUT2D eigenvalue weighted by molar-refractivity contribution is -0.137. The SMILES string of the molecule is N#Cc1ccc(Oc2cccc(C(F)(F)F)c2)c(Br)c1. The molecule has 2 aromatic carbocycles. The van der Waals surface area contributed by atoms with Crippen LogP contribution in [0.25, 0.3) is 0 Å². The molecule has 0 aromatic heterocycles. The fourth-order valence-corrected chi connectivity index (χ4v) is 1.98. The molecule has 0 bridgehead atoms. The van der Waals surface area contributed by atoms with E-state index in [-0.39, 0.29) is 5.75 Å². The van der Waals surface area contributed by atoms with Crippen molar-refractivity contribution in [2.75, 3.05) is 0 Å². The van der Waals surface area contributed by atoms with Crippen LogP contribution in [0.5, 0.6) is 11.5 Å². The first-order valence-electron chi connectivity index (χ1n) is 5.45. The summed E-state index contributed by atoms with van der Waals surface area (Å²) in [5.74, 6) is 0.411. The maximum Gasteiger partial charge on any atom is 0.416 e. The quantitative estimate of drug-likeness (QED) is 0.758. The Morgan fingerprint density at radius 3 is 2.45 bits per heavy atom. The highest BCUT2D eigenvalue weighted by Crippen LogP contribution is 2.34. The number of hydrogen-bond acceptors (Lipinski definition) is 2. The van der Waals surface area contributed by atoms with Crippen molar-refractivity contribution in [2.45, 2.75) is 6.18 Å². The summed E-state index contributed by atoms with van der Waals surface area (Å²) in [6.07, 6.45) is -4.42. The van der Waals surface area contributed by atoms with Gasteiger partial charge in [-0.2, -0.15) is 18.4 Å². The summed E-state index contributed by atoms with van der Waals surface area (Å²) in [4.78, 5) is 0. The normalized spacial score (nSPS) is 10.9. The predicted molar refractivity (Wildman–Crippen MR) is 70.4 cm³/mol. The molecule has 0 unspecified atom stereocenters. The molecule has 0 spiro atoms. The van der Waals surface area contributed by atoms with Gasteiger partial charge in [0, 0.05) is 0 Å². The lowest BCUT2D eigenvalue weighted by Gasteiger charge is -2.11. The summed E-state index contributed by atoms with van der Waals surface area (Å²) in [6, 6.07) is 11.1. The molecular formula is C14H7BrF3NO. The van der Waals surface area contributed by atoms with Gasteiger partial charge in [-0.25, -0.2) is 0 Å². The van der Waals surface area contributed by atoms with E-state index in [4.69, 9.17) is 10.00 Å². The topological polar surface area (TPSA) is 33.0 Å². The molecule has 2 aromatic rings. The lowest BCUT2D eigenvalue weighted by Crippen LogP contribution is -2.04. The van der Waals surface area contributed by atoms with E-state index < -0.39 is 11.7 Å². The van der Waals surface area contributed by atoms with Gasteiger partial charge in [0.25, 0.3) is 0 Å². The van der Waals surface area contributed by atoms with Gasteiger partial charge in [-0.05, 0) is 52.3 Å². The first-order chi connectivity index (χ1) is 9.40. The molecule has 0 saturated heterocycles. The van der Waals surface area contributed by atoms with E-state index >= 15 is 0 Å². The highest BCUT2D eigenvalue weighted by molar-refractivity contribution is 9.10. The Bertz CT molecular complexity index is 677. The molecule has 0 fully saturated rings. The Hall–Kier alpha value is -2.00. The Morgan fingerprint density at radius 1 is 1.10 bits per heavy atom. The average Bonchev–Trinajstić information content (AvgIpc) is 2.40. The molecule has 20 heavy (non-hydrogen) atoms. The van der Waals surface area contributed by atoms with Crippen LogP contribution in [0.4, 0.5) is 13.2 Å². The smallest absolute Gasteiger partial charge is 0.416 e. The van der Waals surface area contributed by atoms with Gasteiger partial charge in [0.05, 0.1) is 21.7 Å². The van der Waals surface area contributed by atoms with Crippen LogP contribution in [0, 0.1) is 11.3 Å². The van der Waals surface area contributed by atoms with E-state index in [9.17, 15) is 13.2 Å². The van der Waals surface area contributed by atoms with Crippen LogP contribution in [0.1, 0.15) is 11.1 Å². The Kier molecular flexibility index (Phi) is 4.00. The van der Waals surface area contributed by atoms with Gasteiger partial charge in [-0.1, -0.05) is 6.07 Å². The van der Waals surface area contributed by atoms with Crippen molar-refractivity contribution in [3.63, 3.8) is 0 Å². The fraction of sp³-hybridized carbons (Fsp3) is 0.0714. The molecule has 102 valence electrons. The van der Waals surface area contributed by atoms with Crippen molar-refractivity contribution in [1.82, 2.24) is 0 Å². The molecule has 0 heterocycles. The predicted octanol–water partition coefficient (Wildman–Crippen LogP) is 5.13. The molecule has 0 aliphatic carbocycles. The van der Waals surface area contributed by atoms with Crippen LogP contribution in [-0.2, 0) is 6.18 Å². The largest absolute Gasteiger partial charge is 0.456 e. The molecule has 0 amide bonds. The van der Waals surface area contributed by atoms with Crippen LogP contribution < -0.4 is 4.74 Å². The van der Waals surface area contributed by atoms with Crippen molar-refractivity contribution in [3.8, 4) is 17.6 Å². The van der Waals surface area contributed by atoms with Gasteiger partial charge in [-0.3, -0.25) is 0 Å². The maximum atomic E-state index is 12.6. The van der Waals surface area contributed by atoms with E-state index in [1.54, 1.807) is 0 Å². The molecule has 0 atom stereocenters. The van der Waals surface area contributed by atoms with Crippen LogP contribution >= 0.6 is 15.9 Å². The van der Waals surface area contributed by atoms with Crippen LogP contribution in [0.2, 0.25) is 0 Å². The number of hydrogen-bond donors (Lipinski definition) is 0. The third kappa shape index (κ3) is 3.31. The van der Waals surface area contributed by atoms with Crippen molar-refractivity contribution in [1.29, 1.82) is 5.26 Å². The summed E-state index contributed by atoms with van der Waals surface area (Å²) in [5, 5.41) is 8.73. The number of rotatable bonds is 2. The molecule has 6 heteroatoms. The minimum absolute atomic E-state index is 0.0743. The molecule has 0 saturated carbocycles. The van der Waals surface area contributed by atoms with E-state index in [1.165, 1.54) is 30.3 Å². The van der Waals surface area contributed by atoms with Gasteiger partial charge in [0.2, 0.25) is 0 Å². The first-order valence-corrected chi connectivity index (χ1v) is 6.24.